The van der Waals surface area contributed by atoms with Crippen molar-refractivity contribution in [2.75, 3.05) is 6.61 Å². The number of rotatable bonds is 7. The maximum Gasteiger partial charge on any atom is 0.341 e. The Morgan fingerprint density at radius 2 is 1.52 bits per heavy atom. The maximum absolute atomic E-state index is 10.7. The lowest BCUT2D eigenvalue weighted by Gasteiger charge is -2.11. The summed E-state index contributed by atoms with van der Waals surface area (Å²) in [7, 11) is 0. The number of aryl methyl sites for hydroxylation is 1. The fraction of sp³-hybridized carbons (Fsp3) is 0.0833. The van der Waals surface area contributed by atoms with E-state index in [-0.39, 0.29) is 6.61 Å². The van der Waals surface area contributed by atoms with Gasteiger partial charge in [0.05, 0.1) is 22.8 Å². The van der Waals surface area contributed by atoms with Crippen LogP contribution in [0.15, 0.2) is 88.9 Å². The lowest BCUT2D eigenvalue weighted by atomic mass is 10.2. The van der Waals surface area contributed by atoms with Gasteiger partial charge in [-0.15, -0.1) is 0 Å². The zero-order valence-corrected chi connectivity index (χ0v) is 17.5. The molecule has 0 saturated heterocycles. The highest BCUT2D eigenvalue weighted by Crippen LogP contribution is 2.34. The fourth-order valence-corrected chi connectivity index (χ4v) is 3.96. The van der Waals surface area contributed by atoms with Crippen LogP contribution in [0.25, 0.3) is 22.8 Å². The van der Waals surface area contributed by atoms with Gasteiger partial charge in [0.15, 0.2) is 6.61 Å². The summed E-state index contributed by atoms with van der Waals surface area (Å²) in [6.45, 7) is 1.53. The molecule has 6 nitrogen and oxygen atoms in total. The Kier molecular flexibility index (Phi) is 6.24. The number of aromatic nitrogens is 3. The van der Waals surface area contributed by atoms with E-state index in [4.69, 9.17) is 14.8 Å². The number of aliphatic carboxylic acids is 1. The van der Waals surface area contributed by atoms with Gasteiger partial charge in [0.25, 0.3) is 0 Å². The summed E-state index contributed by atoms with van der Waals surface area (Å²) in [6, 6.07) is 21.2. The maximum atomic E-state index is 10.7. The van der Waals surface area contributed by atoms with Gasteiger partial charge in [0, 0.05) is 22.2 Å². The third-order valence-electron chi connectivity index (χ3n) is 4.39. The lowest BCUT2D eigenvalue weighted by Crippen LogP contribution is -2.09. The standard InChI is InChI=1S/C24H19N3O3S/c1-16-12-17(8-9-23(16)30-15-24(28)29)31-18-13-21(19-6-2-4-10-25-19)27-22(14-18)20-7-3-5-11-26-20/h2-14H,15H2,1H3,(H,28,29). The summed E-state index contributed by atoms with van der Waals surface area (Å²) >= 11 is 1.59. The second kappa shape index (κ2) is 9.40. The summed E-state index contributed by atoms with van der Waals surface area (Å²) in [5.74, 6) is -0.441. The SMILES string of the molecule is Cc1cc(Sc2cc(-c3ccccn3)nc(-c3ccccn3)c2)ccc1OCC(=O)O. The number of carboxylic acid groups (broad SMARTS) is 1. The van der Waals surface area contributed by atoms with Crippen molar-refractivity contribution in [3.63, 3.8) is 0 Å². The average Bonchev–Trinajstić information content (AvgIpc) is 2.79. The minimum absolute atomic E-state index is 0.363. The van der Waals surface area contributed by atoms with Gasteiger partial charge in [-0.2, -0.15) is 0 Å². The first-order valence-electron chi connectivity index (χ1n) is 9.56. The van der Waals surface area contributed by atoms with E-state index in [0.29, 0.717) is 5.75 Å². The molecule has 7 heteroatoms. The Labute approximate surface area is 184 Å². The molecule has 4 aromatic rings. The predicted molar refractivity (Wildman–Crippen MR) is 119 cm³/mol. The molecule has 1 N–H and O–H groups in total. The van der Waals surface area contributed by atoms with Gasteiger partial charge >= 0.3 is 5.97 Å². The smallest absolute Gasteiger partial charge is 0.341 e. The van der Waals surface area contributed by atoms with Gasteiger partial charge in [0.2, 0.25) is 0 Å². The molecule has 0 unspecified atom stereocenters. The van der Waals surface area contributed by atoms with Crippen LogP contribution in [0.4, 0.5) is 0 Å². The monoisotopic (exact) mass is 429 g/mol. The van der Waals surface area contributed by atoms with Gasteiger partial charge in [-0.25, -0.2) is 9.78 Å². The molecule has 0 amide bonds. The van der Waals surface area contributed by atoms with E-state index in [1.165, 1.54) is 0 Å². The number of nitrogens with zero attached hydrogens (tertiary/aromatic N) is 3. The van der Waals surface area contributed by atoms with Crippen LogP contribution < -0.4 is 4.74 Å². The van der Waals surface area contributed by atoms with Crippen molar-refractivity contribution < 1.29 is 14.6 Å². The quantitative estimate of drug-likeness (QED) is 0.436. The topological polar surface area (TPSA) is 85.2 Å². The molecular weight excluding hydrogens is 410 g/mol. The molecule has 3 aromatic heterocycles. The number of benzene rings is 1. The van der Waals surface area contributed by atoms with Crippen molar-refractivity contribution in [2.24, 2.45) is 0 Å². The zero-order valence-electron chi connectivity index (χ0n) is 16.7. The molecule has 0 bridgehead atoms. The summed E-state index contributed by atoms with van der Waals surface area (Å²) in [5, 5.41) is 8.81. The summed E-state index contributed by atoms with van der Waals surface area (Å²) in [6.07, 6.45) is 3.49. The molecule has 0 aliphatic carbocycles. The minimum Gasteiger partial charge on any atom is -0.482 e. The average molecular weight is 430 g/mol. The number of carbonyl (C=O) groups is 1. The van der Waals surface area contributed by atoms with Crippen molar-refractivity contribution in [1.82, 2.24) is 15.0 Å². The first kappa shape index (κ1) is 20.6. The molecule has 4 rings (SSSR count). The van der Waals surface area contributed by atoms with Gasteiger partial charge < -0.3 is 9.84 Å². The van der Waals surface area contributed by atoms with Crippen molar-refractivity contribution in [2.45, 2.75) is 16.7 Å². The molecule has 0 spiro atoms. The van der Waals surface area contributed by atoms with Crippen LogP contribution in [-0.4, -0.2) is 32.6 Å². The molecule has 31 heavy (non-hydrogen) atoms. The largest absolute Gasteiger partial charge is 0.482 e. The van der Waals surface area contributed by atoms with Crippen molar-refractivity contribution >= 4 is 17.7 Å². The summed E-state index contributed by atoms with van der Waals surface area (Å²) < 4.78 is 5.32. The molecule has 0 radical (unpaired) electrons. The van der Waals surface area contributed by atoms with Crippen LogP contribution in [0, 0.1) is 6.92 Å². The fourth-order valence-electron chi connectivity index (χ4n) is 2.98. The van der Waals surface area contributed by atoms with E-state index in [9.17, 15) is 4.79 Å². The van der Waals surface area contributed by atoms with Crippen LogP contribution >= 0.6 is 11.8 Å². The van der Waals surface area contributed by atoms with Crippen molar-refractivity contribution in [3.8, 4) is 28.5 Å². The molecule has 154 valence electrons. The predicted octanol–water partition coefficient (Wildman–Crippen LogP) is 5.13. The van der Waals surface area contributed by atoms with E-state index >= 15 is 0 Å². The Morgan fingerprint density at radius 1 is 0.871 bits per heavy atom. The van der Waals surface area contributed by atoms with Gasteiger partial charge in [-0.3, -0.25) is 9.97 Å². The van der Waals surface area contributed by atoms with E-state index in [1.54, 1.807) is 30.2 Å². The molecule has 0 fully saturated rings. The second-order valence-electron chi connectivity index (χ2n) is 6.72. The highest BCUT2D eigenvalue weighted by Gasteiger charge is 2.11. The summed E-state index contributed by atoms with van der Waals surface area (Å²) in [5.41, 5.74) is 3.98. The Bertz CT molecular complexity index is 1140. The molecule has 1 aromatic carbocycles. The first-order chi connectivity index (χ1) is 15.1. The Balaban J connectivity index is 1.68. The molecule has 0 saturated carbocycles. The van der Waals surface area contributed by atoms with Crippen LogP contribution in [0.2, 0.25) is 0 Å². The number of pyridine rings is 3. The van der Waals surface area contributed by atoms with E-state index in [1.807, 2.05) is 67.6 Å². The molecule has 0 atom stereocenters. The molecule has 0 aliphatic rings. The van der Waals surface area contributed by atoms with Crippen molar-refractivity contribution in [3.05, 3.63) is 84.7 Å². The summed E-state index contributed by atoms with van der Waals surface area (Å²) in [4.78, 5) is 26.4. The Hall–Kier alpha value is -3.71. The normalized spacial score (nSPS) is 10.6. The van der Waals surface area contributed by atoms with Crippen LogP contribution in [-0.2, 0) is 4.79 Å². The van der Waals surface area contributed by atoms with Crippen LogP contribution in [0.5, 0.6) is 5.75 Å². The van der Waals surface area contributed by atoms with E-state index in [2.05, 4.69) is 9.97 Å². The van der Waals surface area contributed by atoms with Crippen molar-refractivity contribution in [1.29, 1.82) is 0 Å². The van der Waals surface area contributed by atoms with Gasteiger partial charge in [0.1, 0.15) is 5.75 Å². The Morgan fingerprint density at radius 3 is 2.03 bits per heavy atom. The number of carboxylic acids is 1. The van der Waals surface area contributed by atoms with Gasteiger partial charge in [-0.05, 0) is 67.1 Å². The highest BCUT2D eigenvalue weighted by molar-refractivity contribution is 7.99. The highest BCUT2D eigenvalue weighted by atomic mass is 32.2. The first-order valence-corrected chi connectivity index (χ1v) is 10.4. The second-order valence-corrected chi connectivity index (χ2v) is 7.86. The molecule has 0 aliphatic heterocycles. The van der Waals surface area contributed by atoms with E-state index < -0.39 is 5.97 Å². The van der Waals surface area contributed by atoms with E-state index in [0.717, 1.165) is 38.1 Å². The number of ether oxygens (including phenoxy) is 1. The van der Waals surface area contributed by atoms with Crippen LogP contribution in [0.1, 0.15) is 5.56 Å². The van der Waals surface area contributed by atoms with Crippen LogP contribution in [0.3, 0.4) is 0 Å². The van der Waals surface area contributed by atoms with Gasteiger partial charge in [-0.1, -0.05) is 23.9 Å². The minimum atomic E-state index is -1.00. The third-order valence-corrected chi connectivity index (χ3v) is 5.35. The number of hydrogen-bond acceptors (Lipinski definition) is 6. The molecule has 3 heterocycles. The molecular formula is C24H19N3O3S. The zero-order chi connectivity index (χ0) is 21.6. The third kappa shape index (κ3) is 5.26. The number of hydrogen-bond donors (Lipinski definition) is 1. The lowest BCUT2D eigenvalue weighted by molar-refractivity contribution is -0.139.